The molecule has 24 heavy (non-hydrogen) atoms. The summed E-state index contributed by atoms with van der Waals surface area (Å²) in [7, 11) is 0. The minimum absolute atomic E-state index is 0.198. The van der Waals surface area contributed by atoms with Gasteiger partial charge >= 0.3 is 6.18 Å². The number of carbonyl (C=O) groups excluding carboxylic acids is 1. The lowest BCUT2D eigenvalue weighted by Crippen LogP contribution is -2.22. The van der Waals surface area contributed by atoms with Crippen LogP contribution in [0.2, 0.25) is 5.02 Å². The molecule has 1 heterocycles. The highest BCUT2D eigenvalue weighted by molar-refractivity contribution is 7.99. The fraction of sp³-hybridized carbons (Fsp3) is 0.308. The van der Waals surface area contributed by atoms with E-state index in [9.17, 15) is 18.0 Å². The molecule has 11 heteroatoms. The number of aryl methyl sites for hydroxylation is 2. The van der Waals surface area contributed by atoms with Crippen LogP contribution in [0.4, 0.5) is 18.9 Å². The fourth-order valence-corrected chi connectivity index (χ4v) is 2.97. The Morgan fingerprint density at radius 1 is 1.38 bits per heavy atom. The number of anilines is 1. The minimum Gasteiger partial charge on any atom is -0.335 e. The summed E-state index contributed by atoms with van der Waals surface area (Å²) >= 11 is 6.82. The highest BCUT2D eigenvalue weighted by atomic mass is 35.5. The van der Waals surface area contributed by atoms with Crippen LogP contribution < -0.4 is 11.2 Å². The number of benzene rings is 1. The molecule has 0 saturated carbocycles. The van der Waals surface area contributed by atoms with Gasteiger partial charge in [0.25, 0.3) is 5.82 Å². The van der Waals surface area contributed by atoms with Crippen molar-refractivity contribution in [3.63, 3.8) is 0 Å². The maximum absolute atomic E-state index is 12.6. The maximum Gasteiger partial charge on any atom is 0.453 e. The first-order valence-corrected chi connectivity index (χ1v) is 7.93. The predicted molar refractivity (Wildman–Crippen MR) is 85.5 cm³/mol. The van der Waals surface area contributed by atoms with Crippen molar-refractivity contribution in [3.05, 3.63) is 34.1 Å². The number of nitrogens with one attached hydrogen (secondary N) is 1. The van der Waals surface area contributed by atoms with Crippen LogP contribution in [0.5, 0.6) is 0 Å². The maximum atomic E-state index is 12.6. The van der Waals surface area contributed by atoms with Gasteiger partial charge in [-0.25, -0.2) is 4.68 Å². The summed E-state index contributed by atoms with van der Waals surface area (Å²) in [5.74, 6) is 3.31. The molecule has 0 radical (unpaired) electrons. The molecule has 0 bridgehead atoms. The summed E-state index contributed by atoms with van der Waals surface area (Å²) in [5.41, 5.74) is 2.18. The summed E-state index contributed by atoms with van der Waals surface area (Å²) in [6.07, 6.45) is -4.71. The monoisotopic (exact) mass is 379 g/mol. The number of aromatic nitrogens is 3. The van der Waals surface area contributed by atoms with Gasteiger partial charge in [0.05, 0.1) is 16.5 Å². The van der Waals surface area contributed by atoms with Crippen molar-refractivity contribution in [1.82, 2.24) is 14.9 Å². The third kappa shape index (κ3) is 4.12. The molecule has 0 saturated heterocycles. The van der Waals surface area contributed by atoms with Crippen molar-refractivity contribution < 1.29 is 18.0 Å². The molecular formula is C13H13ClF3N5OS. The molecule has 1 amide bonds. The molecule has 0 aliphatic rings. The van der Waals surface area contributed by atoms with Crippen LogP contribution >= 0.6 is 23.4 Å². The minimum atomic E-state index is -4.71. The number of nitrogen functional groups attached to an aromatic ring is 1. The molecule has 2 aromatic rings. The third-order valence-electron chi connectivity index (χ3n) is 2.95. The first-order chi connectivity index (χ1) is 11.1. The van der Waals surface area contributed by atoms with Gasteiger partial charge in [0.1, 0.15) is 0 Å². The number of halogens is 4. The van der Waals surface area contributed by atoms with Crippen LogP contribution in [0.25, 0.3) is 0 Å². The number of nitrogens with two attached hydrogens (primary N) is 1. The molecule has 0 aliphatic heterocycles. The Bertz CT molecular complexity index is 754. The van der Waals surface area contributed by atoms with E-state index in [1.807, 2.05) is 13.0 Å². The molecule has 3 N–H and O–H groups in total. The van der Waals surface area contributed by atoms with E-state index >= 15 is 0 Å². The second-order valence-electron chi connectivity index (χ2n) is 4.95. The quantitative estimate of drug-likeness (QED) is 0.630. The van der Waals surface area contributed by atoms with E-state index < -0.39 is 17.9 Å². The third-order valence-corrected chi connectivity index (χ3v) is 4.19. The van der Waals surface area contributed by atoms with Gasteiger partial charge in [-0.05, 0) is 31.0 Å². The van der Waals surface area contributed by atoms with E-state index in [0.717, 1.165) is 22.9 Å². The van der Waals surface area contributed by atoms with Crippen LogP contribution in [-0.2, 0) is 11.0 Å². The smallest absolute Gasteiger partial charge is 0.335 e. The van der Waals surface area contributed by atoms with E-state index in [1.54, 1.807) is 13.0 Å². The molecule has 1 aromatic heterocycles. The number of carbonyl (C=O) groups is 1. The zero-order valence-corrected chi connectivity index (χ0v) is 14.2. The summed E-state index contributed by atoms with van der Waals surface area (Å²) in [4.78, 5) is 12.0. The van der Waals surface area contributed by atoms with Crippen molar-refractivity contribution in [2.75, 3.05) is 16.9 Å². The Kier molecular flexibility index (Phi) is 5.29. The lowest BCUT2D eigenvalue weighted by Gasteiger charge is -2.11. The molecule has 2 rings (SSSR count). The largest absolute Gasteiger partial charge is 0.453 e. The van der Waals surface area contributed by atoms with E-state index in [-0.39, 0.29) is 10.9 Å². The summed E-state index contributed by atoms with van der Waals surface area (Å²) in [6, 6.07) is 3.55. The predicted octanol–water partition coefficient (Wildman–Crippen LogP) is 3.01. The average Bonchev–Trinajstić information content (AvgIpc) is 2.81. The number of hydrogen-bond donors (Lipinski definition) is 2. The Hall–Kier alpha value is -1.94. The van der Waals surface area contributed by atoms with Gasteiger partial charge in [0.15, 0.2) is 0 Å². The summed E-state index contributed by atoms with van der Waals surface area (Å²) in [5, 5.41) is 9.09. The zero-order chi connectivity index (χ0) is 18.1. The van der Waals surface area contributed by atoms with E-state index in [2.05, 4.69) is 15.5 Å². The second-order valence-corrected chi connectivity index (χ2v) is 6.30. The lowest BCUT2D eigenvalue weighted by atomic mass is 10.1. The molecule has 130 valence electrons. The second kappa shape index (κ2) is 6.89. The Labute approximate surface area is 144 Å². The number of rotatable bonds is 4. The van der Waals surface area contributed by atoms with E-state index in [0.29, 0.717) is 15.4 Å². The topological polar surface area (TPSA) is 85.8 Å². The average molecular weight is 380 g/mol. The molecule has 0 atom stereocenters. The van der Waals surface area contributed by atoms with Gasteiger partial charge in [0, 0.05) is 0 Å². The van der Waals surface area contributed by atoms with Crippen LogP contribution in [0.3, 0.4) is 0 Å². The fourth-order valence-electron chi connectivity index (χ4n) is 1.95. The highest BCUT2D eigenvalue weighted by Crippen LogP contribution is 2.30. The van der Waals surface area contributed by atoms with Gasteiger partial charge in [-0.15, -0.1) is 10.2 Å². The number of alkyl halides is 3. The zero-order valence-electron chi connectivity index (χ0n) is 12.6. The molecule has 0 fully saturated rings. The van der Waals surface area contributed by atoms with E-state index in [1.165, 1.54) is 0 Å². The molecule has 1 aromatic carbocycles. The Morgan fingerprint density at radius 2 is 2.04 bits per heavy atom. The van der Waals surface area contributed by atoms with Gasteiger partial charge in [0.2, 0.25) is 11.1 Å². The van der Waals surface area contributed by atoms with Crippen molar-refractivity contribution in [2.24, 2.45) is 0 Å². The van der Waals surface area contributed by atoms with Crippen molar-refractivity contribution in [1.29, 1.82) is 0 Å². The Morgan fingerprint density at radius 3 is 2.58 bits per heavy atom. The van der Waals surface area contributed by atoms with Gasteiger partial charge in [-0.3, -0.25) is 4.79 Å². The van der Waals surface area contributed by atoms with Crippen molar-refractivity contribution in [3.8, 4) is 0 Å². The molecule has 6 nitrogen and oxygen atoms in total. The Balaban J connectivity index is 2.04. The SMILES string of the molecule is Cc1cc(C)c(NC(=O)CSc2nnc(C(F)(F)F)n2N)c(Cl)c1. The van der Waals surface area contributed by atoms with E-state index in [4.69, 9.17) is 17.4 Å². The van der Waals surface area contributed by atoms with Gasteiger partial charge in [-0.2, -0.15) is 13.2 Å². The van der Waals surface area contributed by atoms with Crippen molar-refractivity contribution in [2.45, 2.75) is 25.2 Å². The number of thioether (sulfide) groups is 1. The first-order valence-electron chi connectivity index (χ1n) is 6.56. The van der Waals surface area contributed by atoms with Crippen LogP contribution in [0.15, 0.2) is 17.3 Å². The normalized spacial score (nSPS) is 11.6. The van der Waals surface area contributed by atoms with Crippen LogP contribution in [0.1, 0.15) is 17.0 Å². The standard InChI is InChI=1S/C13H13ClF3N5OS/c1-6-3-7(2)10(8(14)4-6)19-9(23)5-24-12-21-20-11(22(12)18)13(15,16)17/h3-4H,5,18H2,1-2H3,(H,19,23). The molecular weight excluding hydrogens is 367 g/mol. The number of nitrogens with zero attached hydrogens (tertiary/aromatic N) is 3. The summed E-state index contributed by atoms with van der Waals surface area (Å²) < 4.78 is 38.0. The van der Waals surface area contributed by atoms with Crippen LogP contribution in [0, 0.1) is 13.8 Å². The summed E-state index contributed by atoms with van der Waals surface area (Å²) in [6.45, 7) is 3.65. The number of hydrogen-bond acceptors (Lipinski definition) is 5. The van der Waals surface area contributed by atoms with Gasteiger partial charge < -0.3 is 11.2 Å². The molecule has 0 unspecified atom stereocenters. The highest BCUT2D eigenvalue weighted by Gasteiger charge is 2.38. The van der Waals surface area contributed by atoms with Gasteiger partial charge in [-0.1, -0.05) is 29.4 Å². The van der Waals surface area contributed by atoms with Crippen LogP contribution in [-0.4, -0.2) is 26.5 Å². The molecule has 0 spiro atoms. The van der Waals surface area contributed by atoms with Crippen molar-refractivity contribution >= 4 is 35.0 Å². The molecule has 0 aliphatic carbocycles. The lowest BCUT2D eigenvalue weighted by molar-refractivity contribution is -0.146. The number of amides is 1. The first kappa shape index (κ1) is 18.4.